The predicted octanol–water partition coefficient (Wildman–Crippen LogP) is 3.56. The van der Waals surface area contributed by atoms with E-state index in [1.165, 1.54) is 0 Å². The van der Waals surface area contributed by atoms with Crippen molar-refractivity contribution in [1.82, 2.24) is 15.6 Å². The molecule has 0 radical (unpaired) electrons. The van der Waals surface area contributed by atoms with Crippen LogP contribution in [0, 0.1) is 5.41 Å². The van der Waals surface area contributed by atoms with Crippen LogP contribution in [0.25, 0.3) is 0 Å². The molecule has 0 fully saturated rings. The van der Waals surface area contributed by atoms with Crippen molar-refractivity contribution in [3.05, 3.63) is 16.1 Å². The number of hydrogen-bond acceptors (Lipinski definition) is 4. The predicted molar refractivity (Wildman–Crippen MR) is 104 cm³/mol. The molecule has 0 aliphatic heterocycles. The van der Waals surface area contributed by atoms with Crippen LogP contribution in [0.15, 0.2) is 10.4 Å². The van der Waals surface area contributed by atoms with E-state index in [0.29, 0.717) is 6.54 Å². The average molecular weight is 355 g/mol. The van der Waals surface area contributed by atoms with E-state index in [-0.39, 0.29) is 16.9 Å². The smallest absolute Gasteiger partial charge is 0.191 e. The van der Waals surface area contributed by atoms with Crippen molar-refractivity contribution in [2.75, 3.05) is 20.2 Å². The normalized spacial score (nSPS) is 14.6. The van der Waals surface area contributed by atoms with Crippen LogP contribution in [-0.2, 0) is 16.7 Å². The zero-order valence-corrected chi connectivity index (χ0v) is 17.3. The number of rotatable bonds is 6. The molecule has 0 aliphatic carbocycles. The van der Waals surface area contributed by atoms with Gasteiger partial charge in [0.25, 0.3) is 0 Å². The van der Waals surface area contributed by atoms with Gasteiger partial charge in [-0.25, -0.2) is 9.98 Å². The maximum absolute atomic E-state index is 5.59. The molecule has 0 bridgehead atoms. The monoisotopic (exact) mass is 354 g/mol. The fraction of sp³-hybridized carbons (Fsp3) is 0.778. The van der Waals surface area contributed by atoms with Gasteiger partial charge in [-0.15, -0.1) is 11.3 Å². The summed E-state index contributed by atoms with van der Waals surface area (Å²) >= 11 is 1.67. The van der Waals surface area contributed by atoms with Crippen LogP contribution >= 0.6 is 11.3 Å². The highest BCUT2D eigenvalue weighted by atomic mass is 32.1. The molecule has 1 unspecified atom stereocenters. The maximum atomic E-state index is 5.59. The first kappa shape index (κ1) is 20.9. The molecule has 1 aromatic heterocycles. The molecule has 0 aliphatic rings. The largest absolute Gasteiger partial charge is 0.379 e. The molecule has 0 spiro atoms. The van der Waals surface area contributed by atoms with E-state index >= 15 is 0 Å². The number of nitrogens with one attached hydrogen (secondary N) is 2. The number of methoxy groups -OCH3 is 1. The molecule has 2 N–H and O–H groups in total. The number of aromatic nitrogens is 1. The molecule has 138 valence electrons. The van der Waals surface area contributed by atoms with Gasteiger partial charge < -0.3 is 15.4 Å². The summed E-state index contributed by atoms with van der Waals surface area (Å²) in [5.74, 6) is 0.802. The van der Waals surface area contributed by atoms with Crippen molar-refractivity contribution in [2.24, 2.45) is 10.4 Å². The lowest BCUT2D eigenvalue weighted by Gasteiger charge is -2.30. The second kappa shape index (κ2) is 8.81. The summed E-state index contributed by atoms with van der Waals surface area (Å²) in [5.41, 5.74) is 1.29. The van der Waals surface area contributed by atoms with E-state index in [1.54, 1.807) is 18.4 Å². The molecule has 0 saturated carbocycles. The first-order valence-corrected chi connectivity index (χ1v) is 9.45. The number of thiazole rings is 1. The lowest BCUT2D eigenvalue weighted by molar-refractivity contribution is 0.0205. The van der Waals surface area contributed by atoms with Crippen LogP contribution in [0.3, 0.4) is 0 Å². The van der Waals surface area contributed by atoms with E-state index in [9.17, 15) is 0 Å². The molecule has 24 heavy (non-hydrogen) atoms. The van der Waals surface area contributed by atoms with Gasteiger partial charge in [0.1, 0.15) is 5.01 Å². The van der Waals surface area contributed by atoms with Crippen LogP contribution in [0.5, 0.6) is 0 Å². The SMILES string of the molecule is CCNC(=NCc1nc(C(C)(C)C)cs1)NCC(OC)C(C)(C)C. The van der Waals surface area contributed by atoms with Crippen molar-refractivity contribution in [2.45, 2.75) is 66.5 Å². The van der Waals surface area contributed by atoms with Gasteiger partial charge in [0, 0.05) is 31.0 Å². The second-order valence-electron chi connectivity index (χ2n) is 8.04. The molecule has 1 rings (SSSR count). The highest BCUT2D eigenvalue weighted by Crippen LogP contribution is 2.24. The number of hydrogen-bond donors (Lipinski definition) is 2. The summed E-state index contributed by atoms with van der Waals surface area (Å²) in [5, 5.41) is 9.83. The summed E-state index contributed by atoms with van der Waals surface area (Å²) in [6.07, 6.45) is 0.119. The zero-order chi connectivity index (χ0) is 18.4. The molecular weight excluding hydrogens is 320 g/mol. The van der Waals surface area contributed by atoms with Gasteiger partial charge in [0.2, 0.25) is 0 Å². The second-order valence-corrected chi connectivity index (χ2v) is 8.99. The minimum absolute atomic E-state index is 0.0794. The quantitative estimate of drug-likeness (QED) is 0.606. The van der Waals surface area contributed by atoms with E-state index in [4.69, 9.17) is 9.72 Å². The molecule has 5 nitrogen and oxygen atoms in total. The highest BCUT2D eigenvalue weighted by molar-refractivity contribution is 7.09. The first-order chi connectivity index (χ1) is 11.1. The fourth-order valence-electron chi connectivity index (χ4n) is 2.15. The minimum Gasteiger partial charge on any atom is -0.379 e. The summed E-state index contributed by atoms with van der Waals surface area (Å²) in [6, 6.07) is 0. The van der Waals surface area contributed by atoms with Crippen LogP contribution in [0.2, 0.25) is 0 Å². The van der Waals surface area contributed by atoms with Gasteiger partial charge in [-0.05, 0) is 12.3 Å². The van der Waals surface area contributed by atoms with Crippen molar-refractivity contribution in [3.63, 3.8) is 0 Å². The highest BCUT2D eigenvalue weighted by Gasteiger charge is 2.24. The number of guanidine groups is 1. The molecule has 1 heterocycles. The third-order valence-electron chi connectivity index (χ3n) is 3.74. The number of ether oxygens (including phenoxy) is 1. The topological polar surface area (TPSA) is 58.5 Å². The van der Waals surface area contributed by atoms with E-state index < -0.39 is 0 Å². The first-order valence-electron chi connectivity index (χ1n) is 8.57. The third-order valence-corrected chi connectivity index (χ3v) is 4.58. The molecule has 0 aromatic carbocycles. The standard InChI is InChI=1S/C18H34N4OS/c1-9-19-16(20-10-14(23-8)18(5,6)7)21-11-15-22-13(12-24-15)17(2,3)4/h12,14H,9-11H2,1-8H3,(H2,19,20,21). The van der Waals surface area contributed by atoms with Crippen molar-refractivity contribution in [1.29, 1.82) is 0 Å². The van der Waals surface area contributed by atoms with Gasteiger partial charge in [0.05, 0.1) is 18.3 Å². The number of nitrogens with zero attached hydrogens (tertiary/aromatic N) is 2. The Morgan fingerprint density at radius 2 is 1.92 bits per heavy atom. The lowest BCUT2D eigenvalue weighted by Crippen LogP contribution is -2.45. The Kier molecular flexibility index (Phi) is 7.67. The van der Waals surface area contributed by atoms with Crippen LogP contribution in [0.4, 0.5) is 0 Å². The average Bonchev–Trinajstić information content (AvgIpc) is 2.92. The molecule has 0 amide bonds. The summed E-state index contributed by atoms with van der Waals surface area (Å²) in [4.78, 5) is 9.35. The summed E-state index contributed by atoms with van der Waals surface area (Å²) < 4.78 is 5.59. The molecule has 1 aromatic rings. The molecule has 1 atom stereocenters. The number of aliphatic imine (C=N–C) groups is 1. The van der Waals surface area contributed by atoms with Crippen LogP contribution in [0.1, 0.15) is 59.2 Å². The van der Waals surface area contributed by atoms with Crippen molar-refractivity contribution >= 4 is 17.3 Å². The Labute approximate surface area is 151 Å². The van der Waals surface area contributed by atoms with Gasteiger partial charge in [-0.1, -0.05) is 41.5 Å². The zero-order valence-electron chi connectivity index (χ0n) is 16.5. The van der Waals surface area contributed by atoms with E-state index in [1.807, 2.05) is 0 Å². The van der Waals surface area contributed by atoms with E-state index in [2.05, 4.69) is 69.5 Å². The minimum atomic E-state index is 0.0794. The van der Waals surface area contributed by atoms with Crippen LogP contribution in [-0.4, -0.2) is 37.2 Å². The van der Waals surface area contributed by atoms with Gasteiger partial charge in [-0.3, -0.25) is 0 Å². The van der Waals surface area contributed by atoms with Crippen molar-refractivity contribution < 1.29 is 4.74 Å². The third kappa shape index (κ3) is 6.77. The molecular formula is C18H34N4OS. The Bertz CT molecular complexity index is 526. The van der Waals surface area contributed by atoms with Crippen molar-refractivity contribution in [3.8, 4) is 0 Å². The Balaban J connectivity index is 2.70. The summed E-state index contributed by atoms with van der Waals surface area (Å²) in [6.45, 7) is 17.3. The Hall–Kier alpha value is -1.14. The lowest BCUT2D eigenvalue weighted by atomic mass is 9.89. The molecule has 0 saturated heterocycles. The van der Waals surface area contributed by atoms with Gasteiger partial charge in [-0.2, -0.15) is 0 Å². The summed E-state index contributed by atoms with van der Waals surface area (Å²) in [7, 11) is 1.76. The van der Waals surface area contributed by atoms with Gasteiger partial charge >= 0.3 is 0 Å². The maximum Gasteiger partial charge on any atom is 0.191 e. The Morgan fingerprint density at radius 1 is 1.25 bits per heavy atom. The fourth-order valence-corrected chi connectivity index (χ4v) is 3.09. The van der Waals surface area contributed by atoms with Gasteiger partial charge in [0.15, 0.2) is 5.96 Å². The Morgan fingerprint density at radius 3 is 2.38 bits per heavy atom. The van der Waals surface area contributed by atoms with E-state index in [0.717, 1.165) is 29.8 Å². The molecule has 6 heteroatoms. The van der Waals surface area contributed by atoms with Crippen LogP contribution < -0.4 is 10.6 Å².